The number of halogens is 1. The first kappa shape index (κ1) is 19.4. The van der Waals surface area contributed by atoms with Crippen molar-refractivity contribution in [1.29, 1.82) is 0 Å². The van der Waals surface area contributed by atoms with Crippen molar-refractivity contribution in [3.05, 3.63) is 58.9 Å². The van der Waals surface area contributed by atoms with Crippen LogP contribution in [-0.4, -0.2) is 51.6 Å². The lowest BCUT2D eigenvalue weighted by Crippen LogP contribution is -2.53. The van der Waals surface area contributed by atoms with Gasteiger partial charge in [0, 0.05) is 30.2 Å². The van der Waals surface area contributed by atoms with Gasteiger partial charge in [-0.15, -0.1) is 0 Å². The van der Waals surface area contributed by atoms with E-state index in [0.717, 1.165) is 5.56 Å². The topological polar surface area (TPSA) is 98.0 Å². The monoisotopic (exact) mass is 440 g/mol. The molecule has 2 aromatic carbocycles. The van der Waals surface area contributed by atoms with Crippen molar-refractivity contribution < 1.29 is 23.6 Å². The molecular formula is C21H17ClN4O5. The van der Waals surface area contributed by atoms with Gasteiger partial charge in [0.25, 0.3) is 0 Å². The van der Waals surface area contributed by atoms with Crippen LogP contribution in [0.2, 0.25) is 5.02 Å². The molecule has 2 amide bonds. The summed E-state index contributed by atoms with van der Waals surface area (Å²) in [5.74, 6) is 0.739. The second-order valence-corrected chi connectivity index (χ2v) is 7.60. The van der Waals surface area contributed by atoms with Crippen LogP contribution in [0.15, 0.2) is 47.0 Å². The fraction of sp³-hybridized carbons (Fsp3) is 0.238. The highest BCUT2D eigenvalue weighted by molar-refractivity contribution is 6.35. The second-order valence-electron chi connectivity index (χ2n) is 7.16. The zero-order valence-electron chi connectivity index (χ0n) is 16.3. The molecule has 0 radical (unpaired) electrons. The number of carbonyl (C=O) groups is 2. The Balaban J connectivity index is 1.24. The third-order valence-corrected chi connectivity index (χ3v) is 5.36. The maximum absolute atomic E-state index is 12.6. The lowest BCUT2D eigenvalue weighted by Gasteiger charge is -2.33. The van der Waals surface area contributed by atoms with Crippen LogP contribution in [0.3, 0.4) is 0 Å². The molecule has 0 bridgehead atoms. The number of hydrogen-bond acceptors (Lipinski definition) is 7. The first-order valence-electron chi connectivity index (χ1n) is 9.62. The Bertz CT molecular complexity index is 1150. The molecule has 1 fully saturated rings. The molecule has 1 aromatic heterocycles. The summed E-state index contributed by atoms with van der Waals surface area (Å²) in [7, 11) is 0. The summed E-state index contributed by atoms with van der Waals surface area (Å²) >= 11 is 5.89. The normalized spacial score (nSPS) is 15.6. The van der Waals surface area contributed by atoms with E-state index >= 15 is 0 Å². The summed E-state index contributed by atoms with van der Waals surface area (Å²) in [5.41, 5.74) is 1.61. The molecule has 5 rings (SSSR count). The molecule has 2 aliphatic heterocycles. The zero-order valence-corrected chi connectivity index (χ0v) is 17.0. The second kappa shape index (κ2) is 7.92. The van der Waals surface area contributed by atoms with Crippen LogP contribution in [0.4, 0.5) is 0 Å². The Morgan fingerprint density at radius 3 is 2.39 bits per heavy atom. The summed E-state index contributed by atoms with van der Waals surface area (Å²) in [4.78, 5) is 32.4. The number of rotatable bonds is 5. The lowest BCUT2D eigenvalue weighted by molar-refractivity contribution is -0.157. The predicted molar refractivity (Wildman–Crippen MR) is 108 cm³/mol. The smallest absolute Gasteiger partial charge is 0.312 e. The molecule has 2 aliphatic rings. The fourth-order valence-electron chi connectivity index (χ4n) is 3.46. The van der Waals surface area contributed by atoms with Gasteiger partial charge in [0.2, 0.25) is 18.5 Å². The molecule has 3 aromatic rings. The summed E-state index contributed by atoms with van der Waals surface area (Å²) in [6, 6.07) is 12.5. The van der Waals surface area contributed by atoms with Crippen LogP contribution < -0.4 is 9.47 Å². The Hall–Kier alpha value is -3.59. The Kier molecular flexibility index (Phi) is 4.95. The van der Waals surface area contributed by atoms with E-state index in [9.17, 15) is 9.59 Å². The molecule has 0 N–H and O–H groups in total. The van der Waals surface area contributed by atoms with Crippen LogP contribution >= 0.6 is 11.6 Å². The minimum atomic E-state index is -0.594. The number of piperazine rings is 1. The molecule has 3 heterocycles. The van der Waals surface area contributed by atoms with Crippen LogP contribution in [0.25, 0.3) is 11.4 Å². The molecule has 10 heteroatoms. The molecule has 0 aliphatic carbocycles. The Morgan fingerprint density at radius 1 is 0.903 bits per heavy atom. The van der Waals surface area contributed by atoms with E-state index in [1.807, 2.05) is 12.1 Å². The van der Waals surface area contributed by atoms with Gasteiger partial charge in [-0.1, -0.05) is 28.9 Å². The third kappa shape index (κ3) is 3.91. The standard InChI is InChI=1S/C21H17ClN4O5/c22-15-4-1-13(2-5-15)10-25-7-8-26(21(28)20(25)27)11-18-23-19(24-31-18)14-3-6-16-17(9-14)30-12-29-16/h1-6,9H,7-8,10-12H2. The molecule has 9 nitrogen and oxygen atoms in total. The molecule has 1 saturated heterocycles. The number of benzene rings is 2. The van der Waals surface area contributed by atoms with Gasteiger partial charge in [-0.2, -0.15) is 4.98 Å². The molecule has 0 unspecified atom stereocenters. The zero-order chi connectivity index (χ0) is 21.4. The first-order chi connectivity index (χ1) is 15.1. The molecule has 0 saturated carbocycles. The Labute approximate surface area is 182 Å². The van der Waals surface area contributed by atoms with Crippen LogP contribution in [0, 0.1) is 0 Å². The van der Waals surface area contributed by atoms with E-state index < -0.39 is 11.8 Å². The molecule has 158 valence electrons. The summed E-state index contributed by atoms with van der Waals surface area (Å²) in [6.07, 6.45) is 0. The molecule has 0 atom stereocenters. The minimum absolute atomic E-state index is 0.0664. The van der Waals surface area contributed by atoms with Crippen molar-refractivity contribution in [2.75, 3.05) is 19.9 Å². The summed E-state index contributed by atoms with van der Waals surface area (Å²) in [5, 5.41) is 4.59. The van der Waals surface area contributed by atoms with Crippen LogP contribution in [0.1, 0.15) is 11.5 Å². The summed E-state index contributed by atoms with van der Waals surface area (Å²) in [6.45, 7) is 1.38. The van der Waals surface area contributed by atoms with Gasteiger partial charge < -0.3 is 23.8 Å². The number of ether oxygens (including phenoxy) is 2. The number of hydrogen-bond donors (Lipinski definition) is 0. The number of amides is 2. The van der Waals surface area contributed by atoms with E-state index in [1.54, 1.807) is 30.3 Å². The van der Waals surface area contributed by atoms with Crippen molar-refractivity contribution in [2.24, 2.45) is 0 Å². The number of nitrogens with zero attached hydrogens (tertiary/aromatic N) is 4. The average Bonchev–Trinajstić information content (AvgIpc) is 3.44. The SMILES string of the molecule is O=C1C(=O)N(Cc2nc(-c3ccc4c(c3)OCO4)no2)CCN1Cc1ccc(Cl)cc1. The number of carbonyl (C=O) groups excluding carboxylic acids is 2. The van der Waals surface area contributed by atoms with Crippen LogP contribution in [0.5, 0.6) is 11.5 Å². The Morgan fingerprint density at radius 2 is 1.61 bits per heavy atom. The average molecular weight is 441 g/mol. The fourth-order valence-corrected chi connectivity index (χ4v) is 3.59. The molecular weight excluding hydrogens is 424 g/mol. The van der Waals surface area contributed by atoms with Gasteiger partial charge in [0.15, 0.2) is 11.5 Å². The summed E-state index contributed by atoms with van der Waals surface area (Å²) < 4.78 is 16.0. The predicted octanol–water partition coefficient (Wildman–Crippen LogP) is 2.49. The maximum atomic E-state index is 12.6. The number of aromatic nitrogens is 2. The quantitative estimate of drug-likeness (QED) is 0.562. The maximum Gasteiger partial charge on any atom is 0.312 e. The highest BCUT2D eigenvalue weighted by Crippen LogP contribution is 2.35. The number of fused-ring (bicyclic) bond motifs is 1. The van der Waals surface area contributed by atoms with Gasteiger partial charge in [-0.05, 0) is 35.9 Å². The highest BCUT2D eigenvalue weighted by atomic mass is 35.5. The van der Waals surface area contributed by atoms with Gasteiger partial charge in [-0.25, -0.2) is 0 Å². The molecule has 31 heavy (non-hydrogen) atoms. The minimum Gasteiger partial charge on any atom is -0.454 e. The van der Waals surface area contributed by atoms with Gasteiger partial charge in [0.05, 0.1) is 0 Å². The highest BCUT2D eigenvalue weighted by Gasteiger charge is 2.33. The van der Waals surface area contributed by atoms with Gasteiger partial charge in [-0.3, -0.25) is 9.59 Å². The van der Waals surface area contributed by atoms with Crippen molar-refractivity contribution in [3.63, 3.8) is 0 Å². The van der Waals surface area contributed by atoms with Crippen LogP contribution in [-0.2, 0) is 22.7 Å². The van der Waals surface area contributed by atoms with Crippen molar-refractivity contribution >= 4 is 23.4 Å². The molecule has 0 spiro atoms. The lowest BCUT2D eigenvalue weighted by atomic mass is 10.2. The van der Waals surface area contributed by atoms with E-state index in [0.29, 0.717) is 47.5 Å². The third-order valence-electron chi connectivity index (χ3n) is 5.11. The van der Waals surface area contributed by atoms with Crippen molar-refractivity contribution in [2.45, 2.75) is 13.1 Å². The van der Waals surface area contributed by atoms with E-state index in [4.69, 9.17) is 25.6 Å². The van der Waals surface area contributed by atoms with Gasteiger partial charge >= 0.3 is 11.8 Å². The largest absolute Gasteiger partial charge is 0.454 e. The van der Waals surface area contributed by atoms with Crippen molar-refractivity contribution in [1.82, 2.24) is 19.9 Å². The van der Waals surface area contributed by atoms with Gasteiger partial charge in [0.1, 0.15) is 6.54 Å². The van der Waals surface area contributed by atoms with E-state index in [2.05, 4.69) is 10.1 Å². The first-order valence-corrected chi connectivity index (χ1v) is 10.00. The van der Waals surface area contributed by atoms with E-state index in [1.165, 1.54) is 9.80 Å². The van der Waals surface area contributed by atoms with E-state index in [-0.39, 0.29) is 19.2 Å². The van der Waals surface area contributed by atoms with Crippen molar-refractivity contribution in [3.8, 4) is 22.9 Å².